The van der Waals surface area contributed by atoms with E-state index in [1.54, 1.807) is 12.4 Å². The second-order valence-corrected chi connectivity index (χ2v) is 4.73. The third kappa shape index (κ3) is 2.86. The van der Waals surface area contributed by atoms with Crippen molar-refractivity contribution in [2.75, 3.05) is 40.3 Å². The Morgan fingerprint density at radius 3 is 2.72 bits per heavy atom. The molecule has 0 aliphatic carbocycles. The number of aromatic nitrogens is 1. The number of rotatable bonds is 3. The monoisotopic (exact) mass is 248 g/mol. The van der Waals surface area contributed by atoms with Gasteiger partial charge in [0.1, 0.15) is 6.04 Å². The molecule has 18 heavy (non-hydrogen) atoms. The first kappa shape index (κ1) is 13.0. The van der Waals surface area contributed by atoms with E-state index in [4.69, 9.17) is 0 Å². The minimum atomic E-state index is -0.239. The Hall–Kier alpha value is -1.46. The van der Waals surface area contributed by atoms with Crippen molar-refractivity contribution in [2.45, 2.75) is 6.04 Å². The molecule has 0 aromatic carbocycles. The molecule has 0 bridgehead atoms. The first-order valence-corrected chi connectivity index (χ1v) is 6.26. The molecule has 0 spiro atoms. The topological polar surface area (TPSA) is 48.5 Å². The highest BCUT2D eigenvalue weighted by atomic mass is 16.2. The van der Waals surface area contributed by atoms with Gasteiger partial charge in [-0.05, 0) is 25.7 Å². The fourth-order valence-corrected chi connectivity index (χ4v) is 2.26. The van der Waals surface area contributed by atoms with E-state index in [0.717, 1.165) is 31.7 Å². The summed E-state index contributed by atoms with van der Waals surface area (Å²) in [5, 5.41) is 3.26. The molecular weight excluding hydrogens is 228 g/mol. The zero-order valence-electron chi connectivity index (χ0n) is 11.0. The number of likely N-dealkylation sites (N-methyl/N-ethyl adjacent to an activating group) is 1. The molecule has 5 heteroatoms. The van der Waals surface area contributed by atoms with Crippen LogP contribution >= 0.6 is 0 Å². The average Bonchev–Trinajstić information content (AvgIpc) is 2.40. The van der Waals surface area contributed by atoms with Crippen LogP contribution in [0.4, 0.5) is 0 Å². The van der Waals surface area contributed by atoms with E-state index in [9.17, 15) is 4.79 Å². The molecule has 0 saturated carbocycles. The largest absolute Gasteiger partial charge is 0.338 e. The Kier molecular flexibility index (Phi) is 4.28. The molecular formula is C13H20N4O. The lowest BCUT2D eigenvalue weighted by Crippen LogP contribution is -2.49. The van der Waals surface area contributed by atoms with Gasteiger partial charge in [0, 0.05) is 38.6 Å². The summed E-state index contributed by atoms with van der Waals surface area (Å²) in [6.07, 6.45) is 3.50. The molecule has 0 radical (unpaired) electrons. The van der Waals surface area contributed by atoms with Crippen LogP contribution in [0.1, 0.15) is 11.6 Å². The smallest absolute Gasteiger partial charge is 0.244 e. The van der Waals surface area contributed by atoms with Gasteiger partial charge in [-0.2, -0.15) is 0 Å². The molecule has 98 valence electrons. The fourth-order valence-electron chi connectivity index (χ4n) is 2.26. The van der Waals surface area contributed by atoms with Gasteiger partial charge in [-0.15, -0.1) is 0 Å². The van der Waals surface area contributed by atoms with Crippen molar-refractivity contribution in [1.29, 1.82) is 0 Å². The number of hydrogen-bond acceptors (Lipinski definition) is 4. The van der Waals surface area contributed by atoms with Crippen LogP contribution in [-0.2, 0) is 4.79 Å². The molecule has 2 rings (SSSR count). The molecule has 2 heterocycles. The highest BCUT2D eigenvalue weighted by Crippen LogP contribution is 2.20. The summed E-state index contributed by atoms with van der Waals surface area (Å²) >= 11 is 0. The zero-order valence-corrected chi connectivity index (χ0v) is 11.0. The lowest BCUT2D eigenvalue weighted by atomic mass is 10.1. The second kappa shape index (κ2) is 5.93. The second-order valence-electron chi connectivity index (χ2n) is 4.73. The van der Waals surface area contributed by atoms with Crippen molar-refractivity contribution in [3.05, 3.63) is 30.1 Å². The fraction of sp³-hybridized carbons (Fsp3) is 0.538. The van der Waals surface area contributed by atoms with Crippen molar-refractivity contribution in [2.24, 2.45) is 0 Å². The Morgan fingerprint density at radius 2 is 2.17 bits per heavy atom. The minimum Gasteiger partial charge on any atom is -0.338 e. The highest BCUT2D eigenvalue weighted by Gasteiger charge is 2.28. The van der Waals surface area contributed by atoms with Gasteiger partial charge in [-0.3, -0.25) is 14.7 Å². The molecule has 1 amide bonds. The van der Waals surface area contributed by atoms with Crippen molar-refractivity contribution < 1.29 is 4.79 Å². The quantitative estimate of drug-likeness (QED) is 0.825. The van der Waals surface area contributed by atoms with Crippen LogP contribution in [0.15, 0.2) is 24.5 Å². The van der Waals surface area contributed by atoms with E-state index in [1.807, 2.05) is 36.0 Å². The molecule has 1 saturated heterocycles. The van der Waals surface area contributed by atoms with Gasteiger partial charge in [-0.1, -0.05) is 6.07 Å². The van der Waals surface area contributed by atoms with Crippen molar-refractivity contribution in [3.63, 3.8) is 0 Å². The van der Waals surface area contributed by atoms with E-state index >= 15 is 0 Å². The Bertz CT molecular complexity index is 387. The summed E-state index contributed by atoms with van der Waals surface area (Å²) in [5.74, 6) is 0.162. The van der Waals surface area contributed by atoms with Gasteiger partial charge in [0.2, 0.25) is 5.91 Å². The maximum Gasteiger partial charge on any atom is 0.244 e. The molecule has 1 aromatic heterocycles. The Balaban J connectivity index is 2.17. The van der Waals surface area contributed by atoms with Crippen LogP contribution in [0.3, 0.4) is 0 Å². The minimum absolute atomic E-state index is 0.162. The third-order valence-corrected chi connectivity index (χ3v) is 3.18. The van der Waals surface area contributed by atoms with Crippen LogP contribution < -0.4 is 5.32 Å². The van der Waals surface area contributed by atoms with Crippen LogP contribution in [0, 0.1) is 0 Å². The summed E-state index contributed by atoms with van der Waals surface area (Å²) in [4.78, 5) is 20.5. The molecule has 5 nitrogen and oxygen atoms in total. The van der Waals surface area contributed by atoms with Gasteiger partial charge in [0.05, 0.1) is 0 Å². The third-order valence-electron chi connectivity index (χ3n) is 3.18. The van der Waals surface area contributed by atoms with Gasteiger partial charge in [-0.25, -0.2) is 0 Å². The summed E-state index contributed by atoms with van der Waals surface area (Å²) in [6.45, 7) is 3.31. The number of piperazine rings is 1. The molecule has 1 fully saturated rings. The first-order chi connectivity index (χ1) is 8.70. The van der Waals surface area contributed by atoms with E-state index in [0.29, 0.717) is 0 Å². The molecule has 1 unspecified atom stereocenters. The van der Waals surface area contributed by atoms with E-state index in [1.165, 1.54) is 0 Å². The number of pyridine rings is 1. The molecule has 1 aromatic rings. The molecule has 1 aliphatic heterocycles. The molecule has 1 atom stereocenters. The maximum atomic E-state index is 12.6. The number of carbonyl (C=O) groups is 1. The van der Waals surface area contributed by atoms with Gasteiger partial charge in [0.15, 0.2) is 0 Å². The number of nitrogens with zero attached hydrogens (tertiary/aromatic N) is 3. The predicted octanol–water partition coefficient (Wildman–Crippen LogP) is 0.116. The highest BCUT2D eigenvalue weighted by molar-refractivity contribution is 5.83. The van der Waals surface area contributed by atoms with E-state index < -0.39 is 0 Å². The molecule has 1 N–H and O–H groups in total. The van der Waals surface area contributed by atoms with Crippen LogP contribution in [0.2, 0.25) is 0 Å². The normalized spacial score (nSPS) is 17.8. The Labute approximate surface area is 108 Å². The van der Waals surface area contributed by atoms with Gasteiger partial charge >= 0.3 is 0 Å². The first-order valence-electron chi connectivity index (χ1n) is 6.26. The molecule has 1 aliphatic rings. The number of hydrogen-bond donors (Lipinski definition) is 1. The van der Waals surface area contributed by atoms with E-state index in [-0.39, 0.29) is 11.9 Å². The number of nitrogens with one attached hydrogen (secondary N) is 1. The summed E-state index contributed by atoms with van der Waals surface area (Å²) in [5.41, 5.74) is 0.950. The van der Waals surface area contributed by atoms with Crippen LogP contribution in [0.25, 0.3) is 0 Å². The predicted molar refractivity (Wildman–Crippen MR) is 70.1 cm³/mol. The van der Waals surface area contributed by atoms with E-state index in [2.05, 4.69) is 10.3 Å². The SMILES string of the molecule is CN(C)C(C(=O)N1CCNCC1)c1cccnc1. The Morgan fingerprint density at radius 1 is 1.44 bits per heavy atom. The maximum absolute atomic E-state index is 12.6. The number of carbonyl (C=O) groups excluding carboxylic acids is 1. The zero-order chi connectivity index (χ0) is 13.0. The van der Waals surface area contributed by atoms with Crippen molar-refractivity contribution >= 4 is 5.91 Å². The van der Waals surface area contributed by atoms with Crippen molar-refractivity contribution in [1.82, 2.24) is 20.1 Å². The lowest BCUT2D eigenvalue weighted by molar-refractivity contribution is -0.136. The van der Waals surface area contributed by atoms with Gasteiger partial charge < -0.3 is 10.2 Å². The average molecular weight is 248 g/mol. The van der Waals surface area contributed by atoms with Gasteiger partial charge in [0.25, 0.3) is 0 Å². The summed E-state index contributed by atoms with van der Waals surface area (Å²) in [7, 11) is 3.86. The lowest BCUT2D eigenvalue weighted by Gasteiger charge is -2.33. The van der Waals surface area contributed by atoms with Crippen LogP contribution in [0.5, 0.6) is 0 Å². The van der Waals surface area contributed by atoms with Crippen LogP contribution in [-0.4, -0.2) is 61.0 Å². The standard InChI is InChI=1S/C13H20N4O/c1-16(2)12(11-4-3-5-15-10-11)13(18)17-8-6-14-7-9-17/h3-5,10,12,14H,6-9H2,1-2H3. The summed E-state index contributed by atoms with van der Waals surface area (Å²) in [6, 6.07) is 3.59. The number of amides is 1. The summed E-state index contributed by atoms with van der Waals surface area (Å²) < 4.78 is 0. The van der Waals surface area contributed by atoms with Crippen molar-refractivity contribution in [3.8, 4) is 0 Å².